The Hall–Kier alpha value is -0.420. The van der Waals surface area contributed by atoms with Crippen molar-refractivity contribution in [2.24, 2.45) is 0 Å². The topological polar surface area (TPSA) is 47.9 Å². The average Bonchev–Trinajstić information content (AvgIpc) is 2.47. The number of hydrogen-bond acceptors (Lipinski definition) is 4. The molecule has 0 aromatic carbocycles. The predicted molar refractivity (Wildman–Crippen MR) is 44.9 cm³/mol. The lowest BCUT2D eigenvalue weighted by atomic mass is 10.1. The summed E-state index contributed by atoms with van der Waals surface area (Å²) in [7, 11) is 0. The van der Waals surface area contributed by atoms with E-state index < -0.39 is 18.2 Å². The second-order valence-corrected chi connectivity index (χ2v) is 3.79. The Balaban J connectivity index is 2.17. The summed E-state index contributed by atoms with van der Waals surface area (Å²) in [5, 5.41) is 9.46. The van der Waals surface area contributed by atoms with E-state index in [0.717, 1.165) is 0 Å². The van der Waals surface area contributed by atoms with Crippen LogP contribution in [0.15, 0.2) is 12.7 Å². The molecule has 0 aliphatic carbocycles. The zero-order chi connectivity index (χ0) is 9.64. The highest BCUT2D eigenvalue weighted by Gasteiger charge is 2.53. The first kappa shape index (κ1) is 9.15. The van der Waals surface area contributed by atoms with E-state index >= 15 is 0 Å². The fourth-order valence-electron chi connectivity index (χ4n) is 1.80. The molecule has 2 rings (SSSR count). The third-order valence-electron chi connectivity index (χ3n) is 2.30. The number of ether oxygens (including phenoxy) is 3. The number of hydrogen-bond donors (Lipinski definition) is 1. The van der Waals surface area contributed by atoms with Crippen LogP contribution >= 0.6 is 0 Å². The molecule has 4 heteroatoms. The fourth-order valence-corrected chi connectivity index (χ4v) is 1.80. The molecule has 0 bridgehead atoms. The molecule has 13 heavy (non-hydrogen) atoms. The van der Waals surface area contributed by atoms with Crippen LogP contribution < -0.4 is 0 Å². The van der Waals surface area contributed by atoms with E-state index in [9.17, 15) is 5.11 Å². The van der Waals surface area contributed by atoms with E-state index in [0.29, 0.717) is 0 Å². The molecule has 0 aromatic rings. The summed E-state index contributed by atoms with van der Waals surface area (Å²) in [5.41, 5.74) is 0. The normalized spacial score (nSPS) is 47.6. The van der Waals surface area contributed by atoms with Crippen molar-refractivity contribution >= 4 is 0 Å². The monoisotopic (exact) mass is 186 g/mol. The van der Waals surface area contributed by atoms with Crippen molar-refractivity contribution in [2.45, 2.75) is 44.2 Å². The summed E-state index contributed by atoms with van der Waals surface area (Å²) in [5.74, 6) is -0.638. The van der Waals surface area contributed by atoms with Gasteiger partial charge in [0, 0.05) is 0 Å². The first-order valence-electron chi connectivity index (χ1n) is 4.35. The summed E-state index contributed by atoms with van der Waals surface area (Å²) in [4.78, 5) is 0. The van der Waals surface area contributed by atoms with Gasteiger partial charge in [-0.15, -0.1) is 6.58 Å². The summed E-state index contributed by atoms with van der Waals surface area (Å²) in [6.45, 7) is 7.25. The molecule has 1 N–H and O–H groups in total. The molecule has 74 valence electrons. The first-order chi connectivity index (χ1) is 6.03. The molecule has 1 unspecified atom stereocenters. The lowest BCUT2D eigenvalue weighted by Gasteiger charge is -2.21. The van der Waals surface area contributed by atoms with E-state index in [4.69, 9.17) is 14.2 Å². The van der Waals surface area contributed by atoms with Gasteiger partial charge in [-0.3, -0.25) is 0 Å². The fraction of sp³-hybridized carbons (Fsp3) is 0.778. The predicted octanol–water partition coefficient (Wildman–Crippen LogP) is 0.410. The Labute approximate surface area is 77.1 Å². The van der Waals surface area contributed by atoms with E-state index in [1.165, 1.54) is 0 Å². The van der Waals surface area contributed by atoms with Crippen molar-refractivity contribution in [1.82, 2.24) is 0 Å². The van der Waals surface area contributed by atoms with Crippen LogP contribution in [0.3, 0.4) is 0 Å². The molecule has 4 nitrogen and oxygen atoms in total. The Morgan fingerprint density at radius 1 is 1.31 bits per heavy atom. The van der Waals surface area contributed by atoms with Crippen LogP contribution in [0.1, 0.15) is 13.8 Å². The highest BCUT2D eigenvalue weighted by molar-refractivity contribution is 5.01. The van der Waals surface area contributed by atoms with Gasteiger partial charge in [-0.2, -0.15) is 0 Å². The van der Waals surface area contributed by atoms with Crippen LogP contribution in [0, 0.1) is 0 Å². The lowest BCUT2D eigenvalue weighted by Crippen LogP contribution is -2.29. The summed E-state index contributed by atoms with van der Waals surface area (Å²) in [6, 6.07) is 0. The molecule has 2 aliphatic heterocycles. The Bertz CT molecular complexity index is 226. The van der Waals surface area contributed by atoms with Crippen LogP contribution in [-0.2, 0) is 14.2 Å². The Morgan fingerprint density at radius 3 is 2.54 bits per heavy atom. The largest absolute Gasteiger partial charge is 0.366 e. The molecular weight excluding hydrogens is 172 g/mol. The summed E-state index contributed by atoms with van der Waals surface area (Å²) < 4.78 is 16.2. The minimum atomic E-state index is -0.908. The molecule has 0 amide bonds. The maximum absolute atomic E-state index is 9.46. The Morgan fingerprint density at radius 2 is 1.92 bits per heavy atom. The van der Waals surface area contributed by atoms with Gasteiger partial charge in [0.25, 0.3) is 0 Å². The molecular formula is C9H14O4. The smallest absolute Gasteiger partial charge is 0.184 e. The van der Waals surface area contributed by atoms with Crippen molar-refractivity contribution in [3.63, 3.8) is 0 Å². The molecule has 2 saturated heterocycles. The van der Waals surface area contributed by atoms with Crippen LogP contribution in [0.2, 0.25) is 0 Å². The van der Waals surface area contributed by atoms with Crippen molar-refractivity contribution in [3.05, 3.63) is 12.7 Å². The van der Waals surface area contributed by atoms with Gasteiger partial charge >= 0.3 is 0 Å². The van der Waals surface area contributed by atoms with Crippen molar-refractivity contribution in [1.29, 1.82) is 0 Å². The number of rotatable bonds is 1. The highest BCUT2D eigenvalue weighted by atomic mass is 16.8. The maximum atomic E-state index is 9.46. The van der Waals surface area contributed by atoms with E-state index in [2.05, 4.69) is 6.58 Å². The number of aliphatic hydroxyl groups excluding tert-OH is 1. The SMILES string of the molecule is C=C[C@@H]1O[C@H](O)C2OC(C)(C)O[C@@H]21. The molecule has 0 spiro atoms. The molecule has 4 atom stereocenters. The molecule has 2 aliphatic rings. The average molecular weight is 186 g/mol. The van der Waals surface area contributed by atoms with Crippen LogP contribution in [0.5, 0.6) is 0 Å². The third-order valence-corrected chi connectivity index (χ3v) is 2.30. The van der Waals surface area contributed by atoms with Crippen LogP contribution in [0.4, 0.5) is 0 Å². The summed E-state index contributed by atoms with van der Waals surface area (Å²) in [6.07, 6.45) is -0.185. The quantitative estimate of drug-likeness (QED) is 0.602. The van der Waals surface area contributed by atoms with Crippen LogP contribution in [0.25, 0.3) is 0 Å². The second-order valence-electron chi connectivity index (χ2n) is 3.79. The van der Waals surface area contributed by atoms with Crippen molar-refractivity contribution < 1.29 is 19.3 Å². The minimum absolute atomic E-state index is 0.234. The molecule has 0 aromatic heterocycles. The standard InChI is InChI=1S/C9H14O4/c1-4-5-6-7(8(10)11-5)13-9(2,3)12-6/h4-8,10H,1H2,2-3H3/t5-,6+,7?,8-/m0/s1. The van der Waals surface area contributed by atoms with Gasteiger partial charge in [-0.05, 0) is 13.8 Å². The zero-order valence-electron chi connectivity index (χ0n) is 7.77. The van der Waals surface area contributed by atoms with Gasteiger partial charge in [0.05, 0.1) is 0 Å². The van der Waals surface area contributed by atoms with E-state index in [-0.39, 0.29) is 12.2 Å². The van der Waals surface area contributed by atoms with E-state index in [1.807, 2.05) is 13.8 Å². The lowest BCUT2D eigenvalue weighted by molar-refractivity contribution is -0.214. The molecule has 2 heterocycles. The number of fused-ring (bicyclic) bond motifs is 1. The first-order valence-corrected chi connectivity index (χ1v) is 4.35. The zero-order valence-corrected chi connectivity index (χ0v) is 7.77. The van der Waals surface area contributed by atoms with Crippen molar-refractivity contribution in [3.8, 4) is 0 Å². The van der Waals surface area contributed by atoms with Crippen LogP contribution in [-0.4, -0.2) is 35.5 Å². The van der Waals surface area contributed by atoms with Gasteiger partial charge in [0.1, 0.15) is 18.3 Å². The van der Waals surface area contributed by atoms with Gasteiger partial charge in [-0.25, -0.2) is 0 Å². The van der Waals surface area contributed by atoms with Gasteiger partial charge in [-0.1, -0.05) is 6.08 Å². The molecule has 0 radical (unpaired) electrons. The molecule has 0 saturated carbocycles. The second kappa shape index (κ2) is 2.78. The van der Waals surface area contributed by atoms with Crippen molar-refractivity contribution in [2.75, 3.05) is 0 Å². The number of aliphatic hydroxyl groups is 1. The third kappa shape index (κ3) is 1.40. The van der Waals surface area contributed by atoms with Gasteiger partial charge in [0.15, 0.2) is 12.1 Å². The van der Waals surface area contributed by atoms with Gasteiger partial charge < -0.3 is 19.3 Å². The molecule has 2 fully saturated rings. The summed E-state index contributed by atoms with van der Waals surface area (Å²) >= 11 is 0. The van der Waals surface area contributed by atoms with Gasteiger partial charge in [0.2, 0.25) is 0 Å². The Kier molecular flexibility index (Phi) is 1.96. The minimum Gasteiger partial charge on any atom is -0.366 e. The maximum Gasteiger partial charge on any atom is 0.184 e. The highest BCUT2D eigenvalue weighted by Crippen LogP contribution is 2.37. The van der Waals surface area contributed by atoms with E-state index in [1.54, 1.807) is 6.08 Å².